The number of hydrogen-bond acceptors (Lipinski definition) is 10. The molecule has 2 N–H and O–H groups in total. The van der Waals surface area contributed by atoms with Gasteiger partial charge < -0.3 is 25.0 Å². The first kappa shape index (κ1) is 36.9. The van der Waals surface area contributed by atoms with Crippen molar-refractivity contribution < 1.29 is 14.3 Å². The van der Waals surface area contributed by atoms with Gasteiger partial charge in [0.2, 0.25) is 5.88 Å². The summed E-state index contributed by atoms with van der Waals surface area (Å²) in [6.45, 7) is 3.47. The molecular weight excluding hydrogens is 745 g/mol. The quantitative estimate of drug-likeness (QED) is 0.202. The van der Waals surface area contributed by atoms with Gasteiger partial charge in [0.1, 0.15) is 17.5 Å². The van der Waals surface area contributed by atoms with Crippen LogP contribution in [0.25, 0.3) is 33.4 Å². The van der Waals surface area contributed by atoms with Gasteiger partial charge in [0, 0.05) is 75.7 Å². The maximum atomic E-state index is 13.2. The Labute approximate surface area is 327 Å². The number of rotatable bonds is 9. The van der Waals surface area contributed by atoms with Crippen molar-refractivity contribution in [3.05, 3.63) is 90.8 Å². The Hall–Kier alpha value is -5.02. The van der Waals surface area contributed by atoms with Crippen LogP contribution in [0.5, 0.6) is 5.88 Å². The normalized spacial score (nSPS) is 19.6. The predicted octanol–water partition coefficient (Wildman–Crippen LogP) is 5.31. The molecule has 2 fully saturated rings. The number of fused-ring (bicyclic) bond motifs is 2. The van der Waals surface area contributed by atoms with E-state index in [1.54, 1.807) is 27.3 Å². The van der Waals surface area contributed by atoms with E-state index in [-0.39, 0.29) is 34.5 Å². The van der Waals surface area contributed by atoms with Crippen LogP contribution in [0.4, 0.5) is 16.3 Å². The van der Waals surface area contributed by atoms with Gasteiger partial charge >= 0.3 is 11.7 Å². The second-order valence-electron chi connectivity index (χ2n) is 14.4. The van der Waals surface area contributed by atoms with Crippen LogP contribution in [-0.2, 0) is 25.3 Å². The van der Waals surface area contributed by atoms with Crippen LogP contribution in [0, 0.1) is 0 Å². The van der Waals surface area contributed by atoms with Crippen molar-refractivity contribution in [2.75, 3.05) is 52.3 Å². The number of aromatic nitrogens is 5. The topological polar surface area (TPSA) is 149 Å². The van der Waals surface area contributed by atoms with Gasteiger partial charge in [0.25, 0.3) is 5.56 Å². The van der Waals surface area contributed by atoms with Crippen LogP contribution in [0.15, 0.2) is 58.4 Å². The molecule has 2 saturated heterocycles. The Morgan fingerprint density at radius 1 is 0.964 bits per heavy atom. The van der Waals surface area contributed by atoms with Crippen LogP contribution >= 0.6 is 23.2 Å². The number of hydrogen-bond donors (Lipinski definition) is 2. The molecule has 5 heterocycles. The third kappa shape index (κ3) is 6.40. The summed E-state index contributed by atoms with van der Waals surface area (Å²) in [7, 11) is 6.26. The Morgan fingerprint density at radius 3 is 2.47 bits per heavy atom. The molecule has 16 heteroatoms. The fourth-order valence-electron chi connectivity index (χ4n) is 8.35. The van der Waals surface area contributed by atoms with Crippen molar-refractivity contribution in [1.82, 2.24) is 39.2 Å². The molecule has 2 aromatic carbocycles. The molecule has 3 aliphatic rings. The number of methoxy groups -OCH3 is 2. The first-order valence-corrected chi connectivity index (χ1v) is 18.9. The summed E-state index contributed by atoms with van der Waals surface area (Å²) in [5.74, 6) is 0.783. The number of nitrogens with zero attached hydrogens (tertiary/aromatic N) is 7. The first-order valence-electron chi connectivity index (χ1n) is 18.2. The maximum absolute atomic E-state index is 13.2. The largest absolute Gasteiger partial charge is 0.481 e. The highest BCUT2D eigenvalue weighted by molar-refractivity contribution is 6.39. The first-order chi connectivity index (χ1) is 26.5. The zero-order valence-electron chi connectivity index (χ0n) is 31.0. The molecule has 286 valence electrons. The van der Waals surface area contributed by atoms with E-state index in [0.717, 1.165) is 60.0 Å². The molecule has 0 unspecified atom stereocenters. The Morgan fingerprint density at radius 2 is 1.71 bits per heavy atom. The molecule has 3 aromatic heterocycles. The van der Waals surface area contributed by atoms with Gasteiger partial charge in [-0.1, -0.05) is 53.5 Å². The number of likely N-dealkylation sites (tertiary alicyclic amines) is 1. The van der Waals surface area contributed by atoms with Crippen molar-refractivity contribution in [3.8, 4) is 28.3 Å². The summed E-state index contributed by atoms with van der Waals surface area (Å²) in [6.07, 6.45) is 4.86. The lowest BCUT2D eigenvalue weighted by atomic mass is 9.92. The molecule has 0 radical (unpaired) electrons. The standard InChI is InChI=1S/C39H41Cl2N9O5/c1-47-34-30(36(51)48(2)38(47)53)33(42-21-43-34)44-26-10-6-8-24(32(26)41)23-7-5-9-25(31(23)40)27-19-22-11-12-28(29(22)35(45-27)55-4)50-16-14-39(20-50)13-15-49(17-18-54-3)37(52)46-39/h5-10,19,21,28H,11-18,20H2,1-4H3,(H,46,52)(H,42,43,44)/t28-,39-/m1/s1. The van der Waals surface area contributed by atoms with E-state index in [4.69, 9.17) is 37.7 Å². The van der Waals surface area contributed by atoms with Crippen molar-refractivity contribution in [3.63, 3.8) is 0 Å². The van der Waals surface area contributed by atoms with E-state index >= 15 is 0 Å². The van der Waals surface area contributed by atoms with E-state index in [1.807, 2.05) is 35.2 Å². The number of halogens is 2. The highest BCUT2D eigenvalue weighted by atomic mass is 35.5. The minimum absolute atomic E-state index is 0.0233. The maximum Gasteiger partial charge on any atom is 0.332 e. The third-order valence-electron chi connectivity index (χ3n) is 11.3. The molecule has 1 aliphatic carbocycles. The highest BCUT2D eigenvalue weighted by Crippen LogP contribution is 2.47. The fraction of sp³-hybridized carbons (Fsp3) is 0.385. The molecule has 0 bridgehead atoms. The van der Waals surface area contributed by atoms with Gasteiger partial charge in [-0.15, -0.1) is 0 Å². The number of carbonyl (C=O) groups is 1. The van der Waals surface area contributed by atoms with Crippen LogP contribution in [0.1, 0.15) is 36.4 Å². The smallest absolute Gasteiger partial charge is 0.332 e. The van der Waals surface area contributed by atoms with Gasteiger partial charge in [-0.05, 0) is 43.4 Å². The van der Waals surface area contributed by atoms with E-state index in [1.165, 1.54) is 17.9 Å². The van der Waals surface area contributed by atoms with Crippen LogP contribution < -0.4 is 26.6 Å². The number of ether oxygens (including phenoxy) is 2. The number of pyridine rings is 1. The van der Waals surface area contributed by atoms with Crippen LogP contribution in [0.2, 0.25) is 10.0 Å². The van der Waals surface area contributed by atoms with Gasteiger partial charge in [-0.25, -0.2) is 24.5 Å². The zero-order chi connectivity index (χ0) is 38.6. The lowest BCUT2D eigenvalue weighted by Crippen LogP contribution is -2.61. The second kappa shape index (κ2) is 14.6. The van der Waals surface area contributed by atoms with Crippen molar-refractivity contribution in [1.29, 1.82) is 0 Å². The van der Waals surface area contributed by atoms with Crippen molar-refractivity contribution >= 4 is 51.8 Å². The average Bonchev–Trinajstić information content (AvgIpc) is 3.81. The zero-order valence-corrected chi connectivity index (χ0v) is 32.5. The van der Waals surface area contributed by atoms with Gasteiger partial charge in [0.15, 0.2) is 5.65 Å². The monoisotopic (exact) mass is 785 g/mol. The number of nitrogens with one attached hydrogen (secondary N) is 2. The summed E-state index contributed by atoms with van der Waals surface area (Å²) in [4.78, 5) is 56.5. The van der Waals surface area contributed by atoms with Gasteiger partial charge in [0.05, 0.1) is 40.7 Å². The van der Waals surface area contributed by atoms with Crippen LogP contribution in [-0.4, -0.2) is 92.5 Å². The molecule has 14 nitrogen and oxygen atoms in total. The third-order valence-corrected chi connectivity index (χ3v) is 12.1. The molecule has 0 saturated carbocycles. The average molecular weight is 787 g/mol. The summed E-state index contributed by atoms with van der Waals surface area (Å²) in [5, 5.41) is 7.51. The van der Waals surface area contributed by atoms with Crippen molar-refractivity contribution in [2.24, 2.45) is 14.1 Å². The number of carbonyl (C=O) groups excluding carboxylic acids is 1. The number of benzene rings is 2. The Kier molecular flexibility index (Phi) is 9.78. The fourth-order valence-corrected chi connectivity index (χ4v) is 8.95. The minimum atomic E-state index is -0.527. The van der Waals surface area contributed by atoms with E-state index in [9.17, 15) is 14.4 Å². The number of urea groups is 1. The van der Waals surface area contributed by atoms with E-state index < -0.39 is 11.2 Å². The van der Waals surface area contributed by atoms with Gasteiger partial charge in [-0.3, -0.25) is 18.8 Å². The summed E-state index contributed by atoms with van der Waals surface area (Å²) < 4.78 is 13.5. The molecule has 2 aliphatic heterocycles. The lowest BCUT2D eigenvalue weighted by molar-refractivity contribution is 0.114. The number of aryl methyl sites for hydroxylation is 2. The molecule has 5 aromatic rings. The van der Waals surface area contributed by atoms with Crippen molar-refractivity contribution in [2.45, 2.75) is 37.3 Å². The highest BCUT2D eigenvalue weighted by Gasteiger charge is 2.46. The molecule has 55 heavy (non-hydrogen) atoms. The predicted molar refractivity (Wildman–Crippen MR) is 212 cm³/mol. The van der Waals surface area contributed by atoms with Crippen LogP contribution in [0.3, 0.4) is 0 Å². The molecular formula is C39H41Cl2N9O5. The van der Waals surface area contributed by atoms with E-state index in [2.05, 4.69) is 31.6 Å². The molecule has 2 amide bonds. The lowest BCUT2D eigenvalue weighted by Gasteiger charge is -2.40. The van der Waals surface area contributed by atoms with E-state index in [0.29, 0.717) is 58.1 Å². The molecule has 2 atom stereocenters. The summed E-state index contributed by atoms with van der Waals surface area (Å²) in [5.41, 5.74) is 4.44. The Bertz CT molecular complexity index is 2470. The number of amides is 2. The second-order valence-corrected chi connectivity index (χ2v) is 15.1. The molecule has 8 rings (SSSR count). The minimum Gasteiger partial charge on any atom is -0.481 e. The summed E-state index contributed by atoms with van der Waals surface area (Å²) >= 11 is 14.3. The number of anilines is 2. The Balaban J connectivity index is 1.07. The SMILES string of the molecule is COCCN1CC[C@]2(CCN([C@@H]3CCc4cc(-c5cccc(-c6cccc(Nc7ncnc8c7c(=O)n(C)c(=O)n8C)c6Cl)c5Cl)nc(OC)c43)C2)NC1=O. The molecule has 1 spiro atoms. The summed E-state index contributed by atoms with van der Waals surface area (Å²) in [6, 6.07) is 13.4. The van der Waals surface area contributed by atoms with Gasteiger partial charge in [-0.2, -0.15) is 0 Å².